The minimum absolute atomic E-state index is 0.0800. The molecule has 0 saturated heterocycles. The predicted octanol–water partition coefficient (Wildman–Crippen LogP) is 2.93. The van der Waals surface area contributed by atoms with Gasteiger partial charge >= 0.3 is 0 Å². The Bertz CT molecular complexity index is 477. The first-order valence-corrected chi connectivity index (χ1v) is 7.29. The van der Waals surface area contributed by atoms with Gasteiger partial charge in [0.1, 0.15) is 5.75 Å². The zero-order valence-corrected chi connectivity index (χ0v) is 12.8. The van der Waals surface area contributed by atoms with Gasteiger partial charge in [-0.15, -0.1) is 0 Å². The van der Waals surface area contributed by atoms with E-state index in [0.717, 1.165) is 25.7 Å². The molecule has 4 heteroatoms. The normalized spacial score (nSPS) is 17.7. The summed E-state index contributed by atoms with van der Waals surface area (Å²) in [5.41, 5.74) is 0.289. The summed E-state index contributed by atoms with van der Waals surface area (Å²) in [5, 5.41) is 0. The topological polar surface area (TPSA) is 42.4 Å². The Hall–Kier alpha value is -1.42. The summed E-state index contributed by atoms with van der Waals surface area (Å²) >= 11 is 0. The lowest BCUT2D eigenvalue weighted by molar-refractivity contribution is 0.0692. The van der Waals surface area contributed by atoms with Crippen LogP contribution >= 0.6 is 0 Å². The number of ketones is 1. The number of aromatic nitrogens is 1. The van der Waals surface area contributed by atoms with Crippen molar-refractivity contribution in [1.82, 2.24) is 9.88 Å². The van der Waals surface area contributed by atoms with E-state index in [2.05, 4.69) is 9.88 Å². The highest BCUT2D eigenvalue weighted by atomic mass is 16.5. The number of nitrogens with zero attached hydrogens (tertiary/aromatic N) is 2. The molecule has 1 saturated carbocycles. The van der Waals surface area contributed by atoms with Gasteiger partial charge in [-0.05, 0) is 46.9 Å². The van der Waals surface area contributed by atoms with Gasteiger partial charge < -0.3 is 4.74 Å². The average Bonchev–Trinajstić information content (AvgIpc) is 2.88. The molecule has 0 bridgehead atoms. The standard InChI is InChI=1S/C16H24N2O2/c1-12(2)20-14-9-13(10-17-11-14)15(19)16(18(3)4)7-5-6-8-16/h9-12H,5-8H2,1-4H3. The number of rotatable bonds is 5. The van der Waals surface area contributed by atoms with Crippen LogP contribution in [0.25, 0.3) is 0 Å². The number of hydrogen-bond donors (Lipinski definition) is 0. The van der Waals surface area contributed by atoms with Crippen LogP contribution in [0.5, 0.6) is 5.75 Å². The predicted molar refractivity (Wildman–Crippen MR) is 79.2 cm³/mol. The molecule has 0 aromatic carbocycles. The van der Waals surface area contributed by atoms with Crippen molar-refractivity contribution >= 4 is 5.78 Å². The molecule has 0 N–H and O–H groups in total. The van der Waals surface area contributed by atoms with Crippen LogP contribution in [0.2, 0.25) is 0 Å². The Morgan fingerprint density at radius 1 is 1.30 bits per heavy atom. The fourth-order valence-electron chi connectivity index (χ4n) is 2.99. The van der Waals surface area contributed by atoms with Crippen LogP contribution in [0.1, 0.15) is 49.9 Å². The second-order valence-electron chi connectivity index (χ2n) is 6.04. The Kier molecular flexibility index (Phi) is 4.43. The summed E-state index contributed by atoms with van der Waals surface area (Å²) in [6.45, 7) is 3.93. The number of likely N-dealkylation sites (N-methyl/N-ethyl adjacent to an activating group) is 1. The third-order valence-corrected chi connectivity index (χ3v) is 4.06. The molecule has 1 fully saturated rings. The molecule has 1 heterocycles. The van der Waals surface area contributed by atoms with Gasteiger partial charge in [0.2, 0.25) is 0 Å². The van der Waals surface area contributed by atoms with E-state index in [9.17, 15) is 4.79 Å². The van der Waals surface area contributed by atoms with Crippen molar-refractivity contribution in [3.8, 4) is 5.75 Å². The van der Waals surface area contributed by atoms with Crippen LogP contribution in [0, 0.1) is 0 Å². The van der Waals surface area contributed by atoms with Crippen LogP contribution in [0.4, 0.5) is 0 Å². The molecular formula is C16H24N2O2. The van der Waals surface area contributed by atoms with Crippen LogP contribution in [-0.4, -0.2) is 41.4 Å². The van der Waals surface area contributed by atoms with Crippen molar-refractivity contribution in [3.05, 3.63) is 24.0 Å². The highest BCUT2D eigenvalue weighted by Gasteiger charge is 2.43. The largest absolute Gasteiger partial charge is 0.489 e. The van der Waals surface area contributed by atoms with Crippen molar-refractivity contribution in [2.24, 2.45) is 0 Å². The Balaban J connectivity index is 2.28. The molecule has 1 aliphatic rings. The maximum atomic E-state index is 12.9. The van der Waals surface area contributed by atoms with Crippen molar-refractivity contribution in [1.29, 1.82) is 0 Å². The van der Waals surface area contributed by atoms with Gasteiger partial charge in [-0.1, -0.05) is 12.8 Å². The molecule has 0 spiro atoms. The first-order chi connectivity index (χ1) is 9.45. The molecule has 0 unspecified atom stereocenters. The maximum Gasteiger partial charge on any atom is 0.184 e. The Labute approximate surface area is 121 Å². The van der Waals surface area contributed by atoms with E-state index in [4.69, 9.17) is 4.74 Å². The van der Waals surface area contributed by atoms with Gasteiger partial charge in [-0.2, -0.15) is 0 Å². The van der Waals surface area contributed by atoms with E-state index >= 15 is 0 Å². The van der Waals surface area contributed by atoms with Crippen LogP contribution in [-0.2, 0) is 0 Å². The van der Waals surface area contributed by atoms with Gasteiger partial charge in [0.05, 0.1) is 17.8 Å². The van der Waals surface area contributed by atoms with Crippen molar-refractivity contribution in [3.63, 3.8) is 0 Å². The number of pyridine rings is 1. The molecule has 1 aromatic heterocycles. The maximum absolute atomic E-state index is 12.9. The van der Waals surface area contributed by atoms with E-state index < -0.39 is 0 Å². The lowest BCUT2D eigenvalue weighted by atomic mass is 9.87. The smallest absolute Gasteiger partial charge is 0.184 e. The lowest BCUT2D eigenvalue weighted by Crippen LogP contribution is -2.48. The zero-order valence-electron chi connectivity index (χ0n) is 12.8. The second-order valence-corrected chi connectivity index (χ2v) is 6.04. The van der Waals surface area contributed by atoms with Gasteiger partial charge in [-0.25, -0.2) is 0 Å². The summed E-state index contributed by atoms with van der Waals surface area (Å²) in [4.78, 5) is 19.1. The van der Waals surface area contributed by atoms with Crippen molar-refractivity contribution < 1.29 is 9.53 Å². The zero-order chi connectivity index (χ0) is 14.8. The Morgan fingerprint density at radius 2 is 1.95 bits per heavy atom. The van der Waals surface area contributed by atoms with E-state index in [0.29, 0.717) is 11.3 Å². The highest BCUT2D eigenvalue weighted by molar-refractivity contribution is 6.03. The quantitative estimate of drug-likeness (QED) is 0.776. The minimum atomic E-state index is -0.363. The Morgan fingerprint density at radius 3 is 2.50 bits per heavy atom. The number of carbonyl (C=O) groups is 1. The molecule has 4 nitrogen and oxygen atoms in total. The molecule has 0 aliphatic heterocycles. The minimum Gasteiger partial charge on any atom is -0.489 e. The van der Waals surface area contributed by atoms with Crippen molar-refractivity contribution in [2.45, 2.75) is 51.2 Å². The molecule has 110 valence electrons. The first-order valence-electron chi connectivity index (χ1n) is 7.29. The fraction of sp³-hybridized carbons (Fsp3) is 0.625. The van der Waals surface area contributed by atoms with Crippen LogP contribution in [0.3, 0.4) is 0 Å². The molecule has 1 aromatic rings. The van der Waals surface area contributed by atoms with Gasteiger partial charge in [0.25, 0.3) is 0 Å². The fourth-order valence-corrected chi connectivity index (χ4v) is 2.99. The molecule has 0 amide bonds. The van der Waals surface area contributed by atoms with Gasteiger partial charge in [0, 0.05) is 11.8 Å². The molecular weight excluding hydrogens is 252 g/mol. The average molecular weight is 276 g/mol. The third-order valence-electron chi connectivity index (χ3n) is 4.06. The number of carbonyl (C=O) groups excluding carboxylic acids is 1. The van der Waals surface area contributed by atoms with Crippen LogP contribution in [0.15, 0.2) is 18.5 Å². The molecule has 1 aliphatic carbocycles. The van der Waals surface area contributed by atoms with Crippen molar-refractivity contribution in [2.75, 3.05) is 14.1 Å². The molecule has 20 heavy (non-hydrogen) atoms. The molecule has 0 atom stereocenters. The SMILES string of the molecule is CC(C)Oc1cncc(C(=O)C2(N(C)C)CCCC2)c1. The number of Topliss-reactive ketones (excluding diaryl/α,β-unsaturated/α-hetero) is 1. The lowest BCUT2D eigenvalue weighted by Gasteiger charge is -2.34. The van der Waals surface area contributed by atoms with Gasteiger partial charge in [0.15, 0.2) is 5.78 Å². The molecule has 2 rings (SSSR count). The summed E-state index contributed by atoms with van der Waals surface area (Å²) in [6.07, 6.45) is 7.46. The summed E-state index contributed by atoms with van der Waals surface area (Å²) < 4.78 is 5.63. The third kappa shape index (κ3) is 2.85. The number of hydrogen-bond acceptors (Lipinski definition) is 4. The summed E-state index contributed by atoms with van der Waals surface area (Å²) in [6, 6.07) is 1.82. The second kappa shape index (κ2) is 5.92. The van der Waals surface area contributed by atoms with Crippen LogP contribution < -0.4 is 4.74 Å². The van der Waals surface area contributed by atoms with Gasteiger partial charge in [-0.3, -0.25) is 14.7 Å². The summed E-state index contributed by atoms with van der Waals surface area (Å²) in [7, 11) is 3.98. The van der Waals surface area contributed by atoms with E-state index in [-0.39, 0.29) is 17.4 Å². The first kappa shape index (κ1) is 15.0. The number of ether oxygens (including phenoxy) is 1. The van der Waals surface area contributed by atoms with E-state index in [1.807, 2.05) is 34.0 Å². The van der Waals surface area contributed by atoms with E-state index in [1.165, 1.54) is 0 Å². The van der Waals surface area contributed by atoms with E-state index in [1.54, 1.807) is 12.4 Å². The monoisotopic (exact) mass is 276 g/mol. The summed E-state index contributed by atoms with van der Waals surface area (Å²) in [5.74, 6) is 0.833. The molecule has 0 radical (unpaired) electrons. The highest BCUT2D eigenvalue weighted by Crippen LogP contribution is 2.36.